The second-order valence-corrected chi connectivity index (χ2v) is 30.6. The van der Waals surface area contributed by atoms with E-state index in [1.165, 1.54) is 167 Å². The minimum Gasteiger partial charge on any atom is -0.462 e. The van der Waals surface area contributed by atoms with Crippen molar-refractivity contribution >= 4 is 39.5 Å². The molecule has 0 heterocycles. The summed E-state index contributed by atoms with van der Waals surface area (Å²) in [6, 6.07) is 0. The van der Waals surface area contributed by atoms with Gasteiger partial charge in [0.25, 0.3) is 0 Å². The van der Waals surface area contributed by atoms with Crippen LogP contribution in [-0.2, 0) is 65.4 Å². The van der Waals surface area contributed by atoms with Crippen molar-refractivity contribution in [1.82, 2.24) is 0 Å². The fraction of sp³-hybridized carbons (Fsp3) is 0.895. The molecule has 0 aromatic rings. The van der Waals surface area contributed by atoms with Crippen LogP contribution in [-0.4, -0.2) is 96.7 Å². The van der Waals surface area contributed by atoms with Crippen molar-refractivity contribution in [3.63, 3.8) is 0 Å². The highest BCUT2D eigenvalue weighted by Crippen LogP contribution is 2.45. The summed E-state index contributed by atoms with van der Waals surface area (Å²) in [4.78, 5) is 72.8. The molecule has 0 saturated carbocycles. The molecule has 0 aromatic carbocycles. The maximum atomic E-state index is 13.1. The lowest BCUT2D eigenvalue weighted by Crippen LogP contribution is -2.30. The third kappa shape index (κ3) is 69.8. The van der Waals surface area contributed by atoms with Crippen LogP contribution in [0.1, 0.15) is 369 Å². The smallest absolute Gasteiger partial charge is 0.462 e. The van der Waals surface area contributed by atoms with E-state index >= 15 is 0 Å². The fourth-order valence-corrected chi connectivity index (χ4v) is 12.7. The van der Waals surface area contributed by atoms with Crippen molar-refractivity contribution in [3.8, 4) is 0 Å². The number of ether oxygens (including phenoxy) is 4. The Bertz CT molecular complexity index is 1930. The van der Waals surface area contributed by atoms with E-state index in [1.807, 2.05) is 0 Å². The number of rotatable bonds is 73. The summed E-state index contributed by atoms with van der Waals surface area (Å²) in [5.41, 5.74) is 0. The van der Waals surface area contributed by atoms with Crippen LogP contribution >= 0.6 is 15.6 Å². The van der Waals surface area contributed by atoms with E-state index in [9.17, 15) is 43.2 Å². The Balaban J connectivity index is 5.29. The first-order chi connectivity index (χ1) is 45.9. The van der Waals surface area contributed by atoms with E-state index < -0.39 is 97.5 Å². The molecule has 0 aliphatic rings. The summed E-state index contributed by atoms with van der Waals surface area (Å²) in [6.07, 6.45) is 57.7. The first-order valence-corrected chi connectivity index (χ1v) is 41.8. The Morgan fingerprint density at radius 1 is 0.326 bits per heavy atom. The number of unbranched alkanes of at least 4 members (excludes halogenated alkanes) is 40. The van der Waals surface area contributed by atoms with Gasteiger partial charge in [0.1, 0.15) is 19.3 Å². The summed E-state index contributed by atoms with van der Waals surface area (Å²) in [6.45, 7) is 9.49. The molecule has 0 spiro atoms. The third-order valence-corrected chi connectivity index (χ3v) is 19.0. The van der Waals surface area contributed by atoms with Gasteiger partial charge < -0.3 is 33.8 Å². The van der Waals surface area contributed by atoms with Crippen molar-refractivity contribution in [2.45, 2.75) is 387 Å². The van der Waals surface area contributed by atoms with E-state index in [0.717, 1.165) is 115 Å². The lowest BCUT2D eigenvalue weighted by Gasteiger charge is -2.21. The SMILES string of the molecule is CCCCCC/C=C\C=C/CCCCCCCC(=O)O[C@H](COC(=O)CCCCCCCCCCCCCCC(C)C)COP(=O)(O)OC[C@@H](O)COP(=O)(O)OC[C@@H](COC(=O)CCCCCCCCCC(C)C)OC(=O)CCCCCCCCCCCCCCCCC. The normalized spacial score (nSPS) is 14.2. The molecule has 560 valence electrons. The first-order valence-electron chi connectivity index (χ1n) is 38.8. The molecule has 0 aromatic heterocycles. The van der Waals surface area contributed by atoms with Gasteiger partial charge in [-0.15, -0.1) is 0 Å². The number of phosphoric acid groups is 2. The predicted octanol–water partition coefficient (Wildman–Crippen LogP) is 21.9. The van der Waals surface area contributed by atoms with E-state index in [-0.39, 0.29) is 25.7 Å². The van der Waals surface area contributed by atoms with Crippen LogP contribution in [0.15, 0.2) is 24.3 Å². The van der Waals surface area contributed by atoms with Gasteiger partial charge in [0.2, 0.25) is 0 Å². The van der Waals surface area contributed by atoms with Crippen molar-refractivity contribution in [2.75, 3.05) is 39.6 Å². The maximum Gasteiger partial charge on any atom is 0.472 e. The molecule has 0 amide bonds. The summed E-state index contributed by atoms with van der Waals surface area (Å²) in [5.74, 6) is -0.663. The lowest BCUT2D eigenvalue weighted by molar-refractivity contribution is -0.161. The molecule has 0 radical (unpaired) electrons. The molecule has 3 N–H and O–H groups in total. The number of phosphoric ester groups is 2. The standard InChI is InChI=1S/C76H144O17P2/c1-7-9-11-13-15-17-19-21-23-25-31-35-41-48-54-60-75(80)92-71(64-86-73(78)58-52-46-40-34-30-28-27-29-33-38-44-50-56-68(3)4)66-90-94(82,83)88-62-70(77)63-89-95(84,85)91-67-72(65-87-74(79)59-53-47-43-37-39-45-51-57-69(5)6)93-76(81)61-55-49-42-36-32-26-24-22-20-18-16-14-12-10-8-2/h17,19,21,23,68-72,77H,7-16,18,20,22,24-67H2,1-6H3,(H,82,83)(H,84,85)/b19-17-,23-21-/t70-,71-,72-/m1/s1. The van der Waals surface area contributed by atoms with Gasteiger partial charge in [0.15, 0.2) is 12.2 Å². The monoisotopic (exact) mass is 1390 g/mol. The number of hydrogen-bond acceptors (Lipinski definition) is 15. The average Bonchev–Trinajstić information content (AvgIpc) is 3.05. The molecule has 0 fully saturated rings. The van der Waals surface area contributed by atoms with E-state index in [2.05, 4.69) is 65.8 Å². The molecule has 5 atom stereocenters. The maximum absolute atomic E-state index is 13.1. The van der Waals surface area contributed by atoms with Gasteiger partial charge >= 0.3 is 39.5 Å². The van der Waals surface area contributed by atoms with Crippen LogP contribution in [0, 0.1) is 11.8 Å². The van der Waals surface area contributed by atoms with E-state index in [1.54, 1.807) is 0 Å². The summed E-state index contributed by atoms with van der Waals surface area (Å²) in [5, 5.41) is 10.6. The molecule has 19 heteroatoms. The third-order valence-electron chi connectivity index (χ3n) is 17.1. The number of esters is 4. The summed E-state index contributed by atoms with van der Waals surface area (Å²) < 4.78 is 68.5. The minimum absolute atomic E-state index is 0.0850. The lowest BCUT2D eigenvalue weighted by atomic mass is 10.0. The van der Waals surface area contributed by atoms with Gasteiger partial charge in [-0.2, -0.15) is 0 Å². The second-order valence-electron chi connectivity index (χ2n) is 27.7. The molecule has 95 heavy (non-hydrogen) atoms. The molecular formula is C76H144O17P2. The highest BCUT2D eigenvalue weighted by Gasteiger charge is 2.30. The van der Waals surface area contributed by atoms with Gasteiger partial charge in [0.05, 0.1) is 26.4 Å². The number of aliphatic hydroxyl groups excluding tert-OH is 1. The molecular weight excluding hydrogens is 1250 g/mol. The Morgan fingerprint density at radius 3 is 0.863 bits per heavy atom. The Labute approximate surface area is 580 Å². The van der Waals surface area contributed by atoms with Crippen LogP contribution in [0.3, 0.4) is 0 Å². The first kappa shape index (κ1) is 92.5. The van der Waals surface area contributed by atoms with Gasteiger partial charge in [-0.25, -0.2) is 9.13 Å². The summed E-state index contributed by atoms with van der Waals surface area (Å²) in [7, 11) is -9.92. The summed E-state index contributed by atoms with van der Waals surface area (Å²) >= 11 is 0. The van der Waals surface area contributed by atoms with Crippen LogP contribution in [0.25, 0.3) is 0 Å². The predicted molar refractivity (Wildman–Crippen MR) is 386 cm³/mol. The molecule has 0 rings (SSSR count). The molecule has 17 nitrogen and oxygen atoms in total. The van der Waals surface area contributed by atoms with Crippen LogP contribution < -0.4 is 0 Å². The Morgan fingerprint density at radius 2 is 0.568 bits per heavy atom. The van der Waals surface area contributed by atoms with Gasteiger partial charge in [-0.1, -0.05) is 316 Å². The van der Waals surface area contributed by atoms with Crippen LogP contribution in [0.5, 0.6) is 0 Å². The zero-order valence-electron chi connectivity index (χ0n) is 61.5. The number of carbonyl (C=O) groups is 4. The van der Waals surface area contributed by atoms with Crippen molar-refractivity contribution < 1.29 is 80.2 Å². The Hall–Kier alpha value is -2.46. The van der Waals surface area contributed by atoms with E-state index in [4.69, 9.17) is 37.0 Å². The van der Waals surface area contributed by atoms with Crippen molar-refractivity contribution in [2.24, 2.45) is 11.8 Å². The van der Waals surface area contributed by atoms with Crippen molar-refractivity contribution in [3.05, 3.63) is 24.3 Å². The molecule has 0 aliphatic carbocycles. The second kappa shape index (κ2) is 67.4. The number of hydrogen-bond donors (Lipinski definition) is 3. The molecule has 0 saturated heterocycles. The minimum atomic E-state index is -4.97. The zero-order chi connectivity index (χ0) is 70.0. The number of aliphatic hydroxyl groups is 1. The Kier molecular flexibility index (Phi) is 65.6. The van der Waals surface area contributed by atoms with Gasteiger partial charge in [-0.05, 0) is 63.2 Å². The van der Waals surface area contributed by atoms with Gasteiger partial charge in [-0.3, -0.25) is 37.3 Å². The van der Waals surface area contributed by atoms with Crippen molar-refractivity contribution in [1.29, 1.82) is 0 Å². The number of allylic oxidation sites excluding steroid dienone is 4. The quantitative estimate of drug-likeness (QED) is 0.0169. The van der Waals surface area contributed by atoms with Gasteiger partial charge in [0, 0.05) is 25.7 Å². The topological polar surface area (TPSA) is 237 Å². The van der Waals surface area contributed by atoms with E-state index in [0.29, 0.717) is 31.6 Å². The number of carbonyl (C=O) groups excluding carboxylic acids is 4. The molecule has 0 aliphatic heterocycles. The highest BCUT2D eigenvalue weighted by atomic mass is 31.2. The van der Waals surface area contributed by atoms with Crippen LogP contribution in [0.4, 0.5) is 0 Å². The zero-order valence-corrected chi connectivity index (χ0v) is 63.2. The average molecular weight is 1390 g/mol. The fourth-order valence-electron chi connectivity index (χ4n) is 11.1. The van der Waals surface area contributed by atoms with Crippen LogP contribution in [0.2, 0.25) is 0 Å². The molecule has 2 unspecified atom stereocenters. The highest BCUT2D eigenvalue weighted by molar-refractivity contribution is 7.47. The molecule has 0 bridgehead atoms. The largest absolute Gasteiger partial charge is 0.472 e.